The summed E-state index contributed by atoms with van der Waals surface area (Å²) >= 11 is 0. The Kier molecular flexibility index (Phi) is 3.16. The smallest absolute Gasteiger partial charge is 0.116 e. The van der Waals surface area contributed by atoms with Crippen molar-refractivity contribution in [3.63, 3.8) is 0 Å². The molecule has 0 aromatic heterocycles. The second-order valence-corrected chi connectivity index (χ2v) is 6.05. The number of benzene rings is 1. The minimum Gasteiger partial charge on any atom is -0.390 e. The molecule has 2 N–H and O–H groups in total. The lowest BCUT2D eigenvalue weighted by Gasteiger charge is -2.47. The fourth-order valence-corrected chi connectivity index (χ4v) is 3.92. The van der Waals surface area contributed by atoms with Gasteiger partial charge in [-0.1, -0.05) is 56.0 Å². The molecule has 2 saturated carbocycles. The van der Waals surface area contributed by atoms with E-state index in [-0.39, 0.29) is 0 Å². The molecule has 2 aliphatic rings. The van der Waals surface area contributed by atoms with Crippen molar-refractivity contribution in [1.82, 2.24) is 0 Å². The van der Waals surface area contributed by atoms with Gasteiger partial charge in [0, 0.05) is 0 Å². The van der Waals surface area contributed by atoms with Crippen molar-refractivity contribution >= 4 is 0 Å². The van der Waals surface area contributed by atoms with E-state index in [0.29, 0.717) is 11.8 Å². The zero-order chi connectivity index (χ0) is 12.6. The third kappa shape index (κ3) is 1.98. The zero-order valence-electron chi connectivity index (χ0n) is 10.8. The maximum atomic E-state index is 10.9. The van der Waals surface area contributed by atoms with Crippen LogP contribution in [0, 0.1) is 11.8 Å². The number of aliphatic hydroxyl groups is 2. The number of fused-ring (bicyclic) bond motifs is 1. The molecule has 2 fully saturated rings. The van der Waals surface area contributed by atoms with Crippen LogP contribution in [-0.2, 0) is 5.60 Å². The van der Waals surface area contributed by atoms with Crippen LogP contribution in [-0.4, -0.2) is 16.3 Å². The first-order valence-corrected chi connectivity index (χ1v) is 7.16. The summed E-state index contributed by atoms with van der Waals surface area (Å²) in [6.07, 6.45) is 5.89. The topological polar surface area (TPSA) is 40.5 Å². The second kappa shape index (κ2) is 4.67. The van der Waals surface area contributed by atoms with Crippen LogP contribution in [0.15, 0.2) is 30.3 Å². The van der Waals surface area contributed by atoms with E-state index in [1.165, 1.54) is 25.7 Å². The van der Waals surface area contributed by atoms with Crippen molar-refractivity contribution in [2.45, 2.75) is 50.2 Å². The fourth-order valence-electron chi connectivity index (χ4n) is 3.92. The van der Waals surface area contributed by atoms with E-state index in [1.54, 1.807) is 0 Å². The van der Waals surface area contributed by atoms with Gasteiger partial charge < -0.3 is 10.2 Å². The van der Waals surface area contributed by atoms with Gasteiger partial charge in [-0.15, -0.1) is 0 Å². The predicted molar refractivity (Wildman–Crippen MR) is 71.0 cm³/mol. The molecule has 1 aromatic carbocycles. The van der Waals surface area contributed by atoms with E-state index in [2.05, 4.69) is 0 Å². The van der Waals surface area contributed by atoms with Gasteiger partial charge in [-0.05, 0) is 30.2 Å². The molecule has 0 aliphatic heterocycles. The maximum absolute atomic E-state index is 10.9. The predicted octanol–water partition coefficient (Wildman–Crippen LogP) is 2.84. The van der Waals surface area contributed by atoms with Gasteiger partial charge in [-0.25, -0.2) is 0 Å². The van der Waals surface area contributed by atoms with Crippen LogP contribution in [0.3, 0.4) is 0 Å². The summed E-state index contributed by atoms with van der Waals surface area (Å²) in [7, 11) is 0. The van der Waals surface area contributed by atoms with Gasteiger partial charge >= 0.3 is 0 Å². The Morgan fingerprint density at radius 3 is 2.39 bits per heavy atom. The van der Waals surface area contributed by atoms with Crippen molar-refractivity contribution in [2.75, 3.05) is 0 Å². The van der Waals surface area contributed by atoms with Crippen LogP contribution in [0.2, 0.25) is 0 Å². The van der Waals surface area contributed by atoms with Crippen LogP contribution in [0.4, 0.5) is 0 Å². The highest BCUT2D eigenvalue weighted by molar-refractivity contribution is 5.25. The Bertz CT molecular complexity index is 403. The summed E-state index contributed by atoms with van der Waals surface area (Å²) in [5.41, 5.74) is -0.152. The Balaban J connectivity index is 1.87. The van der Waals surface area contributed by atoms with Crippen molar-refractivity contribution in [3.8, 4) is 0 Å². The molecule has 1 aromatic rings. The Morgan fingerprint density at radius 1 is 1.00 bits per heavy atom. The summed E-state index contributed by atoms with van der Waals surface area (Å²) < 4.78 is 0. The quantitative estimate of drug-likeness (QED) is 0.800. The Hall–Kier alpha value is -0.860. The van der Waals surface area contributed by atoms with Crippen LogP contribution in [0.1, 0.15) is 44.1 Å². The van der Waals surface area contributed by atoms with Gasteiger partial charge in [0.05, 0.1) is 6.10 Å². The highest BCUT2D eigenvalue weighted by Crippen LogP contribution is 2.48. The van der Waals surface area contributed by atoms with E-state index in [9.17, 15) is 10.2 Å². The third-order valence-corrected chi connectivity index (χ3v) is 4.99. The summed E-state index contributed by atoms with van der Waals surface area (Å²) in [6.45, 7) is 0. The maximum Gasteiger partial charge on any atom is 0.116 e. The molecule has 3 rings (SSSR count). The minimum absolute atomic E-state index is 0.590. The summed E-state index contributed by atoms with van der Waals surface area (Å²) in [4.78, 5) is 0. The third-order valence-electron chi connectivity index (χ3n) is 4.99. The number of aliphatic hydroxyl groups excluding tert-OH is 1. The standard InChI is InChI=1S/C16H22O2/c17-15-10-12-6-4-5-7-13(12)11-16(15,18)14-8-2-1-3-9-14/h1-3,8-9,12-13,15,17-18H,4-7,10-11H2. The van der Waals surface area contributed by atoms with Gasteiger partial charge in [0.15, 0.2) is 0 Å². The van der Waals surface area contributed by atoms with Gasteiger partial charge in [-0.3, -0.25) is 0 Å². The van der Waals surface area contributed by atoms with Gasteiger partial charge in [0.1, 0.15) is 5.60 Å². The zero-order valence-corrected chi connectivity index (χ0v) is 10.8. The van der Waals surface area contributed by atoms with Gasteiger partial charge in [-0.2, -0.15) is 0 Å². The lowest BCUT2D eigenvalue weighted by Crippen LogP contribution is -2.48. The molecule has 18 heavy (non-hydrogen) atoms. The summed E-state index contributed by atoms with van der Waals surface area (Å²) in [5, 5.41) is 21.3. The molecule has 2 nitrogen and oxygen atoms in total. The lowest BCUT2D eigenvalue weighted by atomic mass is 9.63. The lowest BCUT2D eigenvalue weighted by molar-refractivity contribution is -0.141. The van der Waals surface area contributed by atoms with E-state index in [1.807, 2.05) is 30.3 Å². The van der Waals surface area contributed by atoms with Crippen molar-refractivity contribution in [2.24, 2.45) is 11.8 Å². The monoisotopic (exact) mass is 246 g/mol. The van der Waals surface area contributed by atoms with Crippen molar-refractivity contribution in [1.29, 1.82) is 0 Å². The van der Waals surface area contributed by atoms with Crippen LogP contribution >= 0.6 is 0 Å². The highest BCUT2D eigenvalue weighted by atomic mass is 16.3. The first-order valence-electron chi connectivity index (χ1n) is 7.16. The fraction of sp³-hybridized carbons (Fsp3) is 0.625. The van der Waals surface area contributed by atoms with Crippen molar-refractivity contribution in [3.05, 3.63) is 35.9 Å². The molecule has 98 valence electrons. The number of hydrogen-bond donors (Lipinski definition) is 2. The number of hydrogen-bond acceptors (Lipinski definition) is 2. The van der Waals surface area contributed by atoms with Crippen LogP contribution < -0.4 is 0 Å². The molecule has 0 spiro atoms. The molecule has 0 heterocycles. The van der Waals surface area contributed by atoms with E-state index in [4.69, 9.17) is 0 Å². The largest absolute Gasteiger partial charge is 0.390 e. The van der Waals surface area contributed by atoms with Crippen LogP contribution in [0.5, 0.6) is 0 Å². The molecule has 2 heteroatoms. The minimum atomic E-state index is -1.03. The first-order chi connectivity index (χ1) is 8.70. The molecule has 0 amide bonds. The Morgan fingerprint density at radius 2 is 1.67 bits per heavy atom. The van der Waals surface area contributed by atoms with E-state index in [0.717, 1.165) is 18.4 Å². The molecule has 0 saturated heterocycles. The second-order valence-electron chi connectivity index (χ2n) is 6.05. The molecular formula is C16H22O2. The van der Waals surface area contributed by atoms with E-state index < -0.39 is 11.7 Å². The molecule has 4 unspecified atom stereocenters. The Labute approximate surface area is 109 Å². The average molecular weight is 246 g/mol. The number of rotatable bonds is 1. The highest BCUT2D eigenvalue weighted by Gasteiger charge is 2.47. The molecule has 2 aliphatic carbocycles. The van der Waals surface area contributed by atoms with Crippen LogP contribution in [0.25, 0.3) is 0 Å². The van der Waals surface area contributed by atoms with Gasteiger partial charge in [0.25, 0.3) is 0 Å². The van der Waals surface area contributed by atoms with Crippen molar-refractivity contribution < 1.29 is 10.2 Å². The molecule has 4 atom stereocenters. The normalized spacial score (nSPS) is 40.2. The van der Waals surface area contributed by atoms with Gasteiger partial charge in [0.2, 0.25) is 0 Å². The van der Waals surface area contributed by atoms with E-state index >= 15 is 0 Å². The average Bonchev–Trinajstić information content (AvgIpc) is 2.41. The first kappa shape index (κ1) is 12.2. The molecule has 0 radical (unpaired) electrons. The summed E-state index contributed by atoms with van der Waals surface area (Å²) in [5.74, 6) is 1.21. The molecule has 0 bridgehead atoms. The molecular weight excluding hydrogens is 224 g/mol. The summed E-state index contributed by atoms with van der Waals surface area (Å²) in [6, 6.07) is 9.70. The SMILES string of the molecule is OC1CC2CCCCC2CC1(O)c1ccccc1.